The number of rotatable bonds is 4. The first-order valence-corrected chi connectivity index (χ1v) is 6.16. The van der Waals surface area contributed by atoms with E-state index in [4.69, 9.17) is 0 Å². The molecule has 0 saturated heterocycles. The summed E-state index contributed by atoms with van der Waals surface area (Å²) >= 11 is 1.29. The molecule has 0 aliphatic heterocycles. The summed E-state index contributed by atoms with van der Waals surface area (Å²) in [6.07, 6.45) is 3.37. The number of imidazole rings is 1. The Balaban J connectivity index is 2.20. The van der Waals surface area contributed by atoms with Gasteiger partial charge in [0.15, 0.2) is 5.16 Å². The average Bonchev–Trinajstić information content (AvgIpc) is 2.83. The van der Waals surface area contributed by atoms with Gasteiger partial charge in [0, 0.05) is 18.4 Å². The Morgan fingerprint density at radius 2 is 2.29 bits per heavy atom. The Bertz CT molecular complexity index is 485. The van der Waals surface area contributed by atoms with E-state index in [2.05, 4.69) is 15.3 Å². The van der Waals surface area contributed by atoms with Crippen LogP contribution in [0.15, 0.2) is 40.6 Å². The number of aromatic amines is 1. The maximum Gasteiger partial charge on any atom is 0.170 e. The molecule has 2 aromatic rings. The zero-order valence-corrected chi connectivity index (χ0v) is 10.5. The van der Waals surface area contributed by atoms with Crippen LogP contribution in [0.4, 0.5) is 4.39 Å². The lowest BCUT2D eigenvalue weighted by atomic mass is 10.1. The first-order valence-electron chi connectivity index (χ1n) is 5.34. The van der Waals surface area contributed by atoms with E-state index < -0.39 is 0 Å². The van der Waals surface area contributed by atoms with Gasteiger partial charge in [0.2, 0.25) is 0 Å². The fraction of sp³-hybridized carbons (Fsp3) is 0.250. The molecule has 17 heavy (non-hydrogen) atoms. The van der Waals surface area contributed by atoms with E-state index in [0.29, 0.717) is 10.1 Å². The molecular formula is C12H14FN3S. The zero-order chi connectivity index (χ0) is 12.3. The second-order valence-electron chi connectivity index (χ2n) is 3.70. The third-order valence-electron chi connectivity index (χ3n) is 2.57. The van der Waals surface area contributed by atoms with Crippen LogP contribution in [0.1, 0.15) is 18.5 Å². The van der Waals surface area contributed by atoms with E-state index in [9.17, 15) is 4.39 Å². The zero-order valence-electron chi connectivity index (χ0n) is 9.70. The molecule has 1 aromatic carbocycles. The lowest BCUT2D eigenvalue weighted by Crippen LogP contribution is -2.12. The van der Waals surface area contributed by atoms with Gasteiger partial charge in [-0.25, -0.2) is 9.37 Å². The van der Waals surface area contributed by atoms with E-state index in [1.807, 2.05) is 20.0 Å². The van der Waals surface area contributed by atoms with Gasteiger partial charge >= 0.3 is 0 Å². The maximum atomic E-state index is 13.8. The van der Waals surface area contributed by atoms with Crippen LogP contribution in [-0.2, 0) is 0 Å². The van der Waals surface area contributed by atoms with Crippen LogP contribution < -0.4 is 5.32 Å². The van der Waals surface area contributed by atoms with Gasteiger partial charge in [0.05, 0.1) is 4.90 Å². The predicted molar refractivity (Wildman–Crippen MR) is 66.6 cm³/mol. The number of benzene rings is 1. The molecular weight excluding hydrogens is 237 g/mol. The van der Waals surface area contributed by atoms with E-state index in [1.165, 1.54) is 11.8 Å². The monoisotopic (exact) mass is 251 g/mol. The highest BCUT2D eigenvalue weighted by molar-refractivity contribution is 7.99. The number of nitrogens with one attached hydrogen (secondary N) is 2. The van der Waals surface area contributed by atoms with Crippen molar-refractivity contribution in [2.24, 2.45) is 0 Å². The van der Waals surface area contributed by atoms with E-state index >= 15 is 0 Å². The molecule has 1 aromatic heterocycles. The van der Waals surface area contributed by atoms with E-state index in [1.54, 1.807) is 24.5 Å². The second-order valence-corrected chi connectivity index (χ2v) is 4.73. The number of aromatic nitrogens is 2. The molecule has 3 nitrogen and oxygen atoms in total. The standard InChI is InChI=1S/C12H14FN3S/c1-8(14-2)9-3-4-11(10(13)7-9)17-12-15-5-6-16-12/h3-8,14H,1-2H3,(H,15,16). The number of hydrogen-bond acceptors (Lipinski definition) is 3. The molecule has 2 N–H and O–H groups in total. The molecule has 0 bridgehead atoms. The summed E-state index contributed by atoms with van der Waals surface area (Å²) in [5, 5.41) is 3.77. The SMILES string of the molecule is CNC(C)c1ccc(Sc2ncc[nH]2)c(F)c1. The Labute approximate surface area is 104 Å². The van der Waals surface area contributed by atoms with Gasteiger partial charge in [-0.1, -0.05) is 6.07 Å². The summed E-state index contributed by atoms with van der Waals surface area (Å²) in [4.78, 5) is 7.56. The molecule has 0 spiro atoms. The van der Waals surface area contributed by atoms with Gasteiger partial charge in [0.25, 0.3) is 0 Å². The van der Waals surface area contributed by atoms with Gasteiger partial charge in [0.1, 0.15) is 5.82 Å². The normalized spacial score (nSPS) is 12.6. The Morgan fingerprint density at radius 3 is 2.88 bits per heavy atom. The Kier molecular flexibility index (Phi) is 3.81. The van der Waals surface area contributed by atoms with Crippen molar-refractivity contribution in [3.8, 4) is 0 Å². The first kappa shape index (κ1) is 12.1. The smallest absolute Gasteiger partial charge is 0.170 e. The third kappa shape index (κ3) is 2.87. The fourth-order valence-electron chi connectivity index (χ4n) is 1.45. The number of hydrogen-bond donors (Lipinski definition) is 2. The third-order valence-corrected chi connectivity index (χ3v) is 3.54. The predicted octanol–water partition coefficient (Wildman–Crippen LogP) is 2.98. The van der Waals surface area contributed by atoms with Crippen molar-refractivity contribution in [1.82, 2.24) is 15.3 Å². The molecule has 5 heteroatoms. The van der Waals surface area contributed by atoms with Crippen LogP contribution in [0.25, 0.3) is 0 Å². The molecule has 1 unspecified atom stereocenters. The summed E-state index contributed by atoms with van der Waals surface area (Å²) in [7, 11) is 1.86. The Hall–Kier alpha value is -1.33. The molecule has 0 saturated carbocycles. The quantitative estimate of drug-likeness (QED) is 0.877. The number of halogens is 1. The largest absolute Gasteiger partial charge is 0.339 e. The van der Waals surface area contributed by atoms with Crippen LogP contribution in [0, 0.1) is 5.82 Å². The van der Waals surface area contributed by atoms with Gasteiger partial charge < -0.3 is 10.3 Å². The minimum Gasteiger partial charge on any atom is -0.339 e. The van der Waals surface area contributed by atoms with Gasteiger partial charge in [-0.05, 0) is 43.4 Å². The summed E-state index contributed by atoms with van der Waals surface area (Å²) in [5.41, 5.74) is 0.939. The molecule has 90 valence electrons. The molecule has 0 radical (unpaired) electrons. The van der Waals surface area contributed by atoms with Crippen LogP contribution in [0.5, 0.6) is 0 Å². The van der Waals surface area contributed by atoms with Gasteiger partial charge in [-0.2, -0.15) is 0 Å². The fourth-order valence-corrected chi connectivity index (χ4v) is 2.19. The summed E-state index contributed by atoms with van der Waals surface area (Å²) in [6.45, 7) is 1.99. The summed E-state index contributed by atoms with van der Waals surface area (Å²) < 4.78 is 13.8. The minimum atomic E-state index is -0.217. The molecule has 0 fully saturated rings. The van der Waals surface area contributed by atoms with E-state index in [-0.39, 0.29) is 11.9 Å². The summed E-state index contributed by atoms with van der Waals surface area (Å²) in [6, 6.07) is 5.42. The highest BCUT2D eigenvalue weighted by Crippen LogP contribution is 2.28. The molecule has 2 rings (SSSR count). The second kappa shape index (κ2) is 5.33. The molecule has 0 aliphatic carbocycles. The maximum absolute atomic E-state index is 13.8. The Morgan fingerprint density at radius 1 is 1.47 bits per heavy atom. The number of H-pyrrole nitrogens is 1. The molecule has 0 aliphatic rings. The topological polar surface area (TPSA) is 40.7 Å². The van der Waals surface area contributed by atoms with Crippen molar-refractivity contribution in [2.45, 2.75) is 23.0 Å². The van der Waals surface area contributed by atoms with Gasteiger partial charge in [-0.15, -0.1) is 0 Å². The molecule has 1 atom stereocenters. The minimum absolute atomic E-state index is 0.146. The highest BCUT2D eigenvalue weighted by atomic mass is 32.2. The van der Waals surface area contributed by atoms with Crippen molar-refractivity contribution in [2.75, 3.05) is 7.05 Å². The molecule has 0 amide bonds. The van der Waals surface area contributed by atoms with Crippen molar-refractivity contribution < 1.29 is 4.39 Å². The van der Waals surface area contributed by atoms with Crippen LogP contribution in [0.3, 0.4) is 0 Å². The highest BCUT2D eigenvalue weighted by Gasteiger charge is 2.09. The summed E-state index contributed by atoms with van der Waals surface area (Å²) in [5.74, 6) is -0.217. The number of nitrogens with zero attached hydrogens (tertiary/aromatic N) is 1. The van der Waals surface area contributed by atoms with Crippen LogP contribution in [-0.4, -0.2) is 17.0 Å². The molecule has 1 heterocycles. The van der Waals surface area contributed by atoms with Crippen LogP contribution >= 0.6 is 11.8 Å². The lowest BCUT2D eigenvalue weighted by Gasteiger charge is -2.11. The van der Waals surface area contributed by atoms with Crippen LogP contribution in [0.2, 0.25) is 0 Å². The van der Waals surface area contributed by atoms with Crippen molar-refractivity contribution >= 4 is 11.8 Å². The first-order chi connectivity index (χ1) is 8.20. The lowest BCUT2D eigenvalue weighted by molar-refractivity contribution is 0.587. The van der Waals surface area contributed by atoms with E-state index in [0.717, 1.165) is 5.56 Å². The van der Waals surface area contributed by atoms with Crippen molar-refractivity contribution in [3.05, 3.63) is 42.0 Å². The van der Waals surface area contributed by atoms with Crippen molar-refractivity contribution in [3.63, 3.8) is 0 Å². The average molecular weight is 251 g/mol. The van der Waals surface area contributed by atoms with Crippen molar-refractivity contribution in [1.29, 1.82) is 0 Å². The van der Waals surface area contributed by atoms with Gasteiger partial charge in [-0.3, -0.25) is 0 Å².